The van der Waals surface area contributed by atoms with E-state index in [1.165, 1.54) is 0 Å². The fraction of sp³-hybridized carbons (Fsp3) is 0.250. The largest absolute Gasteiger partial charge is 0.385 e. The predicted octanol–water partition coefficient (Wildman–Crippen LogP) is 3.16. The molecule has 0 spiro atoms. The summed E-state index contributed by atoms with van der Waals surface area (Å²) in [4.78, 5) is 24.3. The van der Waals surface area contributed by atoms with Gasteiger partial charge in [-0.1, -0.05) is 29.8 Å². The van der Waals surface area contributed by atoms with Crippen LogP contribution in [-0.4, -0.2) is 37.2 Å². The van der Waals surface area contributed by atoms with Crippen LogP contribution in [0.2, 0.25) is 5.02 Å². The van der Waals surface area contributed by atoms with E-state index in [0.717, 1.165) is 12.0 Å². The molecule has 0 radical (unpaired) electrons. The Morgan fingerprint density at radius 1 is 1.14 bits per heavy atom. The minimum atomic E-state index is -0.244. The van der Waals surface area contributed by atoms with Gasteiger partial charge in [-0.3, -0.25) is 9.59 Å². The van der Waals surface area contributed by atoms with Crippen molar-refractivity contribution in [3.05, 3.63) is 64.7 Å². The maximum atomic E-state index is 12.2. The van der Waals surface area contributed by atoms with Crippen molar-refractivity contribution in [1.29, 1.82) is 0 Å². The van der Waals surface area contributed by atoms with Gasteiger partial charge in [0, 0.05) is 36.5 Å². The van der Waals surface area contributed by atoms with E-state index in [1.807, 2.05) is 0 Å². The number of carbonyl (C=O) groups excluding carboxylic acids is 2. The van der Waals surface area contributed by atoms with Gasteiger partial charge in [-0.05, 0) is 54.5 Å². The molecule has 2 aromatic rings. The van der Waals surface area contributed by atoms with Crippen LogP contribution in [0.5, 0.6) is 0 Å². The molecule has 0 saturated heterocycles. The van der Waals surface area contributed by atoms with Crippen molar-refractivity contribution in [2.24, 2.45) is 0 Å². The number of nitrogens with one attached hydrogen (secondary N) is 3. The molecule has 0 saturated carbocycles. The van der Waals surface area contributed by atoms with Crippen LogP contribution in [0, 0.1) is 0 Å². The molecule has 0 fully saturated rings. The average molecular weight is 420 g/mol. The molecule has 8 heteroatoms. The van der Waals surface area contributed by atoms with Crippen LogP contribution in [0.1, 0.15) is 22.3 Å². The molecule has 0 unspecified atom stereocenters. The molecule has 2 rings (SSSR count). The second kappa shape index (κ2) is 11.4. The number of carbonyl (C=O) groups is 2. The van der Waals surface area contributed by atoms with Crippen molar-refractivity contribution in [3.8, 4) is 0 Å². The number of methoxy groups -OCH3 is 1. The number of benzene rings is 2. The minimum Gasteiger partial charge on any atom is -0.385 e. The second-order valence-corrected chi connectivity index (χ2v) is 6.83. The predicted molar refractivity (Wildman–Crippen MR) is 115 cm³/mol. The van der Waals surface area contributed by atoms with Crippen LogP contribution < -0.4 is 16.0 Å². The number of anilines is 1. The summed E-state index contributed by atoms with van der Waals surface area (Å²) >= 11 is 11.0. The van der Waals surface area contributed by atoms with E-state index in [0.29, 0.717) is 29.4 Å². The smallest absolute Gasteiger partial charge is 0.251 e. The Hall–Kier alpha value is -2.48. The Bertz CT molecular complexity index is 828. The zero-order valence-electron chi connectivity index (χ0n) is 15.5. The van der Waals surface area contributed by atoms with Gasteiger partial charge in [-0.2, -0.15) is 0 Å². The zero-order valence-corrected chi connectivity index (χ0v) is 17.0. The molecule has 2 amide bonds. The summed E-state index contributed by atoms with van der Waals surface area (Å²) in [5, 5.41) is 9.14. The van der Waals surface area contributed by atoms with Gasteiger partial charge in [0.2, 0.25) is 5.91 Å². The Kier molecular flexibility index (Phi) is 8.87. The first kappa shape index (κ1) is 21.8. The van der Waals surface area contributed by atoms with Gasteiger partial charge in [0.15, 0.2) is 5.11 Å². The normalized spacial score (nSPS) is 10.2. The number of hydrogen-bond acceptors (Lipinski definition) is 4. The van der Waals surface area contributed by atoms with Crippen molar-refractivity contribution in [1.82, 2.24) is 10.6 Å². The van der Waals surface area contributed by atoms with Crippen molar-refractivity contribution >= 4 is 46.4 Å². The fourth-order valence-corrected chi connectivity index (χ4v) is 2.74. The Morgan fingerprint density at radius 3 is 2.61 bits per heavy atom. The van der Waals surface area contributed by atoms with E-state index < -0.39 is 0 Å². The third-order valence-electron chi connectivity index (χ3n) is 3.72. The molecular formula is C20H22ClN3O3S. The minimum absolute atomic E-state index is 0.164. The average Bonchev–Trinajstić information content (AvgIpc) is 2.67. The highest BCUT2D eigenvalue weighted by Gasteiger charge is 2.09. The standard InChI is InChI=1S/C20H22ClN3O3S/c1-27-11-3-10-22-19(26)15-4-2-5-17(13-15)23-20(28)24-18(25)12-14-6-8-16(21)9-7-14/h2,4-9,13H,3,10-12H2,1H3,(H,22,26)(H2,23,24,25,28). The van der Waals surface area contributed by atoms with Gasteiger partial charge in [0.25, 0.3) is 5.91 Å². The van der Waals surface area contributed by atoms with Gasteiger partial charge < -0.3 is 20.7 Å². The maximum absolute atomic E-state index is 12.2. The number of rotatable bonds is 8. The van der Waals surface area contributed by atoms with E-state index in [9.17, 15) is 9.59 Å². The molecule has 0 aliphatic heterocycles. The molecule has 3 N–H and O–H groups in total. The summed E-state index contributed by atoms with van der Waals surface area (Å²) < 4.78 is 4.95. The van der Waals surface area contributed by atoms with E-state index in [-0.39, 0.29) is 23.3 Å². The maximum Gasteiger partial charge on any atom is 0.251 e. The van der Waals surface area contributed by atoms with Crippen molar-refractivity contribution < 1.29 is 14.3 Å². The number of thiocarbonyl (C=S) groups is 1. The van der Waals surface area contributed by atoms with Crippen LogP contribution in [0.15, 0.2) is 48.5 Å². The van der Waals surface area contributed by atoms with E-state index in [2.05, 4.69) is 16.0 Å². The second-order valence-electron chi connectivity index (χ2n) is 5.99. The monoisotopic (exact) mass is 419 g/mol. The lowest BCUT2D eigenvalue weighted by atomic mass is 10.1. The molecule has 148 valence electrons. The molecule has 28 heavy (non-hydrogen) atoms. The molecule has 0 atom stereocenters. The summed E-state index contributed by atoms with van der Waals surface area (Å²) in [6.07, 6.45) is 0.923. The Labute approximate surface area is 174 Å². The summed E-state index contributed by atoms with van der Waals surface area (Å²) in [5.41, 5.74) is 1.94. The van der Waals surface area contributed by atoms with E-state index >= 15 is 0 Å². The zero-order chi connectivity index (χ0) is 20.4. The topological polar surface area (TPSA) is 79.5 Å². The van der Waals surface area contributed by atoms with Crippen molar-refractivity contribution in [3.63, 3.8) is 0 Å². The quantitative estimate of drug-likeness (QED) is 0.452. The highest BCUT2D eigenvalue weighted by Crippen LogP contribution is 2.11. The van der Waals surface area contributed by atoms with Gasteiger partial charge in [0.05, 0.1) is 6.42 Å². The van der Waals surface area contributed by atoms with Crippen LogP contribution in [0.3, 0.4) is 0 Å². The molecule has 0 aliphatic carbocycles. The fourth-order valence-electron chi connectivity index (χ4n) is 2.38. The van der Waals surface area contributed by atoms with Crippen LogP contribution >= 0.6 is 23.8 Å². The van der Waals surface area contributed by atoms with Crippen LogP contribution in [0.4, 0.5) is 5.69 Å². The Balaban J connectivity index is 1.85. The van der Waals surface area contributed by atoms with Gasteiger partial charge in [-0.25, -0.2) is 0 Å². The summed E-state index contributed by atoms with van der Waals surface area (Å²) in [7, 11) is 1.62. The highest BCUT2D eigenvalue weighted by atomic mass is 35.5. The Morgan fingerprint density at radius 2 is 1.89 bits per heavy atom. The van der Waals surface area contributed by atoms with Gasteiger partial charge >= 0.3 is 0 Å². The van der Waals surface area contributed by atoms with E-state index in [1.54, 1.807) is 55.6 Å². The first-order valence-corrected chi connectivity index (χ1v) is 9.49. The lowest BCUT2D eigenvalue weighted by Gasteiger charge is -2.11. The van der Waals surface area contributed by atoms with Crippen LogP contribution in [-0.2, 0) is 16.0 Å². The van der Waals surface area contributed by atoms with Crippen molar-refractivity contribution in [2.45, 2.75) is 12.8 Å². The highest BCUT2D eigenvalue weighted by molar-refractivity contribution is 7.80. The molecule has 0 aliphatic rings. The van der Waals surface area contributed by atoms with Gasteiger partial charge in [-0.15, -0.1) is 0 Å². The summed E-state index contributed by atoms with van der Waals surface area (Å²) in [5.74, 6) is -0.427. The third-order valence-corrected chi connectivity index (χ3v) is 4.18. The molecule has 6 nitrogen and oxygen atoms in total. The summed E-state index contributed by atoms with van der Waals surface area (Å²) in [6, 6.07) is 13.9. The summed E-state index contributed by atoms with van der Waals surface area (Å²) in [6.45, 7) is 1.12. The first-order chi connectivity index (χ1) is 13.5. The number of hydrogen-bond donors (Lipinski definition) is 3. The van der Waals surface area contributed by atoms with Crippen LogP contribution in [0.25, 0.3) is 0 Å². The molecular weight excluding hydrogens is 398 g/mol. The molecule has 2 aromatic carbocycles. The van der Waals surface area contributed by atoms with Crippen molar-refractivity contribution in [2.75, 3.05) is 25.6 Å². The number of amides is 2. The number of halogens is 1. The molecule has 0 bridgehead atoms. The first-order valence-electron chi connectivity index (χ1n) is 8.70. The third kappa shape index (κ3) is 7.64. The van der Waals surface area contributed by atoms with Gasteiger partial charge in [0.1, 0.15) is 0 Å². The lowest BCUT2D eigenvalue weighted by Crippen LogP contribution is -2.35. The van der Waals surface area contributed by atoms with E-state index in [4.69, 9.17) is 28.6 Å². The molecule has 0 heterocycles. The number of ether oxygens (including phenoxy) is 1. The lowest BCUT2D eigenvalue weighted by molar-refractivity contribution is -0.119. The molecule has 0 aromatic heterocycles. The SMILES string of the molecule is COCCCNC(=O)c1cccc(NC(=S)NC(=O)Cc2ccc(Cl)cc2)c1.